The van der Waals surface area contributed by atoms with E-state index in [2.05, 4.69) is 51.8 Å². The fraction of sp³-hybridized carbons (Fsp3) is 0.800. The Labute approximate surface area is 122 Å². The van der Waals surface area contributed by atoms with Gasteiger partial charge in [-0.2, -0.15) is 0 Å². The first-order valence-corrected chi connectivity index (χ1v) is 8.26. The summed E-state index contributed by atoms with van der Waals surface area (Å²) in [7, 11) is 0. The zero-order valence-electron chi connectivity index (χ0n) is 13.3. The second-order valence-electron chi connectivity index (χ2n) is 5.67. The van der Waals surface area contributed by atoms with Crippen LogP contribution in [-0.2, 0) is 6.54 Å². The molecule has 3 nitrogen and oxygen atoms in total. The van der Waals surface area contributed by atoms with Crippen LogP contribution < -0.4 is 10.2 Å². The summed E-state index contributed by atoms with van der Waals surface area (Å²) in [5, 5.41) is 4.61. The van der Waals surface area contributed by atoms with E-state index in [9.17, 15) is 0 Å². The van der Waals surface area contributed by atoms with Gasteiger partial charge in [-0.05, 0) is 25.3 Å². The smallest absolute Gasteiger partial charge is 0.185 e. The van der Waals surface area contributed by atoms with Crippen molar-refractivity contribution in [2.24, 2.45) is 5.92 Å². The zero-order valence-corrected chi connectivity index (χ0v) is 14.1. The van der Waals surface area contributed by atoms with E-state index in [0.717, 1.165) is 26.2 Å². The molecule has 0 saturated carbocycles. The Morgan fingerprint density at radius 3 is 2.37 bits per heavy atom. The second-order valence-corrected chi connectivity index (χ2v) is 6.73. The molecule has 0 aliphatic heterocycles. The number of rotatable bonds is 8. The summed E-state index contributed by atoms with van der Waals surface area (Å²) in [5.74, 6) is 1.17. The lowest BCUT2D eigenvalue weighted by Gasteiger charge is -2.21. The summed E-state index contributed by atoms with van der Waals surface area (Å²) < 4.78 is 0. The summed E-state index contributed by atoms with van der Waals surface area (Å²) in [6.07, 6.45) is 0. The minimum atomic E-state index is 0.497. The van der Waals surface area contributed by atoms with Crippen molar-refractivity contribution in [1.82, 2.24) is 10.3 Å². The van der Waals surface area contributed by atoms with Gasteiger partial charge in [0.05, 0.1) is 5.69 Å². The molecule has 0 aromatic carbocycles. The molecule has 0 bridgehead atoms. The average Bonchev–Trinajstić information content (AvgIpc) is 2.77. The Morgan fingerprint density at radius 2 is 1.89 bits per heavy atom. The van der Waals surface area contributed by atoms with Crippen molar-refractivity contribution in [3.8, 4) is 0 Å². The third-order valence-electron chi connectivity index (χ3n) is 3.04. The fourth-order valence-electron chi connectivity index (χ4n) is 2.09. The highest BCUT2D eigenvalue weighted by Gasteiger charge is 2.17. The summed E-state index contributed by atoms with van der Waals surface area (Å²) in [5.41, 5.74) is 1.27. The van der Waals surface area contributed by atoms with Crippen LogP contribution in [-0.4, -0.2) is 24.6 Å². The van der Waals surface area contributed by atoms with E-state index in [1.807, 2.05) is 11.3 Å². The molecular formula is C15H29N3S. The number of anilines is 1. The van der Waals surface area contributed by atoms with Crippen LogP contribution in [0.5, 0.6) is 0 Å². The molecule has 4 heteroatoms. The highest BCUT2D eigenvalue weighted by Crippen LogP contribution is 2.31. The molecule has 0 atom stereocenters. The van der Waals surface area contributed by atoms with Gasteiger partial charge in [0.15, 0.2) is 5.13 Å². The van der Waals surface area contributed by atoms with Gasteiger partial charge in [0.1, 0.15) is 0 Å². The van der Waals surface area contributed by atoms with Gasteiger partial charge in [0, 0.05) is 24.5 Å². The first kappa shape index (κ1) is 16.4. The molecule has 1 N–H and O–H groups in total. The van der Waals surface area contributed by atoms with Crippen LogP contribution >= 0.6 is 11.3 Å². The average molecular weight is 283 g/mol. The summed E-state index contributed by atoms with van der Waals surface area (Å²) in [6, 6.07) is 0. The predicted octanol–water partition coefficient (Wildman–Crippen LogP) is 3.86. The normalized spacial score (nSPS) is 11.6. The van der Waals surface area contributed by atoms with Crippen LogP contribution in [0.1, 0.15) is 58.0 Å². The lowest BCUT2D eigenvalue weighted by atomic mass is 10.1. The molecule has 0 spiro atoms. The van der Waals surface area contributed by atoms with Gasteiger partial charge in [-0.3, -0.25) is 0 Å². The fourth-order valence-corrected chi connectivity index (χ4v) is 3.34. The quantitative estimate of drug-likeness (QED) is 0.785. The highest BCUT2D eigenvalue weighted by atomic mass is 32.1. The topological polar surface area (TPSA) is 28.2 Å². The lowest BCUT2D eigenvalue weighted by Crippen LogP contribution is -2.27. The third kappa shape index (κ3) is 4.77. The molecule has 1 aromatic rings. The molecule has 1 rings (SSSR count). The van der Waals surface area contributed by atoms with Gasteiger partial charge in [0.25, 0.3) is 0 Å². The number of thiazole rings is 1. The largest absolute Gasteiger partial charge is 0.348 e. The van der Waals surface area contributed by atoms with Crippen LogP contribution in [0.3, 0.4) is 0 Å². The van der Waals surface area contributed by atoms with E-state index in [1.165, 1.54) is 15.7 Å². The number of aromatic nitrogens is 1. The summed E-state index contributed by atoms with van der Waals surface area (Å²) >= 11 is 1.85. The molecule has 0 radical (unpaired) electrons. The monoisotopic (exact) mass is 283 g/mol. The van der Waals surface area contributed by atoms with Crippen LogP contribution in [0.2, 0.25) is 0 Å². The van der Waals surface area contributed by atoms with Gasteiger partial charge < -0.3 is 10.2 Å². The number of nitrogens with zero attached hydrogens (tertiary/aromatic N) is 2. The van der Waals surface area contributed by atoms with Crippen molar-refractivity contribution in [1.29, 1.82) is 0 Å². The van der Waals surface area contributed by atoms with E-state index in [0.29, 0.717) is 11.8 Å². The Kier molecular flexibility index (Phi) is 6.80. The predicted molar refractivity (Wildman–Crippen MR) is 86.3 cm³/mol. The van der Waals surface area contributed by atoms with Gasteiger partial charge in [-0.15, -0.1) is 11.3 Å². The van der Waals surface area contributed by atoms with Crippen LogP contribution in [0.4, 0.5) is 5.13 Å². The van der Waals surface area contributed by atoms with Gasteiger partial charge in [-0.1, -0.05) is 34.6 Å². The molecule has 0 aliphatic carbocycles. The maximum absolute atomic E-state index is 4.89. The van der Waals surface area contributed by atoms with Crippen molar-refractivity contribution in [3.63, 3.8) is 0 Å². The molecule has 1 heterocycles. The summed E-state index contributed by atoms with van der Waals surface area (Å²) in [4.78, 5) is 8.69. The SMILES string of the molecule is CCNCc1sc(N(CC)CC(C)C)nc1C(C)C. The molecule has 0 unspecified atom stereocenters. The lowest BCUT2D eigenvalue weighted by molar-refractivity contribution is 0.616. The molecule has 0 fully saturated rings. The van der Waals surface area contributed by atoms with Crippen LogP contribution in [0.15, 0.2) is 0 Å². The Balaban J connectivity index is 2.94. The third-order valence-corrected chi connectivity index (χ3v) is 4.17. The Morgan fingerprint density at radius 1 is 1.21 bits per heavy atom. The van der Waals surface area contributed by atoms with E-state index in [-0.39, 0.29) is 0 Å². The van der Waals surface area contributed by atoms with Crippen molar-refractivity contribution < 1.29 is 0 Å². The van der Waals surface area contributed by atoms with Crippen LogP contribution in [0, 0.1) is 5.92 Å². The molecule has 1 aromatic heterocycles. The number of hydrogen-bond donors (Lipinski definition) is 1. The minimum Gasteiger partial charge on any atom is -0.348 e. The van der Waals surface area contributed by atoms with Crippen LogP contribution in [0.25, 0.3) is 0 Å². The Hall–Kier alpha value is -0.610. The minimum absolute atomic E-state index is 0.497. The molecular weight excluding hydrogens is 254 g/mol. The standard InChI is InChI=1S/C15H29N3S/c1-7-16-9-13-14(12(5)6)17-15(19-13)18(8-2)10-11(3)4/h11-12,16H,7-10H2,1-6H3. The van der Waals surface area contributed by atoms with E-state index in [1.54, 1.807) is 0 Å². The second kappa shape index (κ2) is 7.85. The van der Waals surface area contributed by atoms with Crippen molar-refractivity contribution in [2.75, 3.05) is 24.5 Å². The van der Waals surface area contributed by atoms with Crippen molar-refractivity contribution in [3.05, 3.63) is 10.6 Å². The van der Waals surface area contributed by atoms with E-state index in [4.69, 9.17) is 4.98 Å². The molecule has 19 heavy (non-hydrogen) atoms. The maximum Gasteiger partial charge on any atom is 0.185 e. The molecule has 110 valence electrons. The van der Waals surface area contributed by atoms with Crippen molar-refractivity contribution >= 4 is 16.5 Å². The van der Waals surface area contributed by atoms with Gasteiger partial charge in [-0.25, -0.2) is 4.98 Å². The first-order valence-electron chi connectivity index (χ1n) is 7.44. The maximum atomic E-state index is 4.89. The first-order chi connectivity index (χ1) is 8.99. The molecule has 0 amide bonds. The number of nitrogens with one attached hydrogen (secondary N) is 1. The Bertz CT molecular complexity index is 371. The van der Waals surface area contributed by atoms with E-state index < -0.39 is 0 Å². The zero-order chi connectivity index (χ0) is 14.4. The summed E-state index contributed by atoms with van der Waals surface area (Å²) in [6.45, 7) is 17.4. The van der Waals surface area contributed by atoms with Gasteiger partial charge in [0.2, 0.25) is 0 Å². The number of hydrogen-bond acceptors (Lipinski definition) is 4. The van der Waals surface area contributed by atoms with Crippen molar-refractivity contribution in [2.45, 2.75) is 54.0 Å². The van der Waals surface area contributed by atoms with E-state index >= 15 is 0 Å². The molecule has 0 aliphatic rings. The molecule has 0 saturated heterocycles. The van der Waals surface area contributed by atoms with Gasteiger partial charge >= 0.3 is 0 Å². The highest BCUT2D eigenvalue weighted by molar-refractivity contribution is 7.15.